The van der Waals surface area contributed by atoms with Gasteiger partial charge in [0.05, 0.1) is 13.7 Å². The highest BCUT2D eigenvalue weighted by molar-refractivity contribution is 7.09. The van der Waals surface area contributed by atoms with E-state index in [2.05, 4.69) is 16.3 Å². The number of ether oxygens (including phenoxy) is 2. The lowest BCUT2D eigenvalue weighted by atomic mass is 9.90. The Morgan fingerprint density at radius 2 is 2.32 bits per heavy atom. The average molecular weight is 317 g/mol. The lowest BCUT2D eigenvalue weighted by molar-refractivity contribution is 0.294. The molecule has 0 amide bonds. The number of rotatable bonds is 6. The van der Waals surface area contributed by atoms with Crippen LogP contribution in [0.25, 0.3) is 10.6 Å². The Labute approximate surface area is 135 Å². The molecule has 2 aromatic rings. The Morgan fingerprint density at radius 3 is 3.05 bits per heavy atom. The summed E-state index contributed by atoms with van der Waals surface area (Å²) in [4.78, 5) is 4.65. The maximum Gasteiger partial charge on any atom is 0.293 e. The standard InChI is InChI=1S/C15H18BN2O3S/c1-3-6-20-13-7-10(4-5-12(13)19-2)15-17-14(18-22-15)11-8-16-21-9-11/h4-5,7,11H,3,6,8-9H2,1-2H3. The number of hydrogen-bond donors (Lipinski definition) is 0. The van der Waals surface area contributed by atoms with E-state index < -0.39 is 0 Å². The zero-order chi connectivity index (χ0) is 15.4. The van der Waals surface area contributed by atoms with Crippen LogP contribution in [0.5, 0.6) is 11.5 Å². The highest BCUT2D eigenvalue weighted by Gasteiger charge is 2.23. The van der Waals surface area contributed by atoms with Crippen LogP contribution in [0, 0.1) is 0 Å². The average Bonchev–Trinajstić information content (AvgIpc) is 3.23. The van der Waals surface area contributed by atoms with E-state index in [1.54, 1.807) is 7.11 Å². The molecule has 1 aromatic heterocycles. The first kappa shape index (κ1) is 15.3. The van der Waals surface area contributed by atoms with Crippen molar-refractivity contribution in [2.24, 2.45) is 0 Å². The van der Waals surface area contributed by atoms with Crippen molar-refractivity contribution in [3.05, 3.63) is 24.0 Å². The molecule has 7 heteroatoms. The SMILES string of the molecule is CCCOc1cc(-c2nc(C3C[B]OC3)ns2)ccc1OC. The molecule has 1 unspecified atom stereocenters. The molecular weight excluding hydrogens is 299 g/mol. The van der Waals surface area contributed by atoms with Crippen LogP contribution in [0.1, 0.15) is 25.1 Å². The highest BCUT2D eigenvalue weighted by atomic mass is 32.1. The van der Waals surface area contributed by atoms with E-state index in [9.17, 15) is 0 Å². The highest BCUT2D eigenvalue weighted by Crippen LogP contribution is 2.34. The van der Waals surface area contributed by atoms with Crippen molar-refractivity contribution < 1.29 is 14.1 Å². The minimum atomic E-state index is 0.277. The quantitative estimate of drug-likeness (QED) is 0.766. The maximum atomic E-state index is 5.75. The molecular formula is C15H18BN2O3S. The van der Waals surface area contributed by atoms with Crippen molar-refractivity contribution in [1.29, 1.82) is 0 Å². The molecule has 1 aliphatic rings. The van der Waals surface area contributed by atoms with E-state index in [0.29, 0.717) is 13.2 Å². The molecule has 1 fully saturated rings. The van der Waals surface area contributed by atoms with Gasteiger partial charge in [0.15, 0.2) is 11.5 Å². The zero-order valence-electron chi connectivity index (χ0n) is 12.7. The molecule has 0 spiro atoms. The van der Waals surface area contributed by atoms with Crippen LogP contribution in [-0.2, 0) is 4.65 Å². The van der Waals surface area contributed by atoms with E-state index in [4.69, 9.17) is 14.1 Å². The Balaban J connectivity index is 1.84. The normalized spacial score (nSPS) is 17.3. The summed E-state index contributed by atoms with van der Waals surface area (Å²) in [6.45, 7) is 3.41. The predicted molar refractivity (Wildman–Crippen MR) is 86.9 cm³/mol. The van der Waals surface area contributed by atoms with Gasteiger partial charge in [0.1, 0.15) is 10.8 Å². The Morgan fingerprint density at radius 1 is 1.41 bits per heavy atom. The molecule has 1 saturated heterocycles. The first-order valence-corrected chi connectivity index (χ1v) is 8.17. The summed E-state index contributed by atoms with van der Waals surface area (Å²) < 4.78 is 20.8. The monoisotopic (exact) mass is 317 g/mol. The summed E-state index contributed by atoms with van der Waals surface area (Å²) in [6.07, 6.45) is 1.83. The summed E-state index contributed by atoms with van der Waals surface area (Å²) in [5, 5.41) is 0.894. The van der Waals surface area contributed by atoms with E-state index in [0.717, 1.165) is 40.6 Å². The fraction of sp³-hybridized carbons (Fsp3) is 0.467. The van der Waals surface area contributed by atoms with Crippen LogP contribution in [0.4, 0.5) is 0 Å². The summed E-state index contributed by atoms with van der Waals surface area (Å²) >= 11 is 1.41. The smallest absolute Gasteiger partial charge is 0.293 e. The Kier molecular flexibility index (Phi) is 4.95. The third-order valence-electron chi connectivity index (χ3n) is 3.48. The van der Waals surface area contributed by atoms with Crippen molar-refractivity contribution in [2.45, 2.75) is 25.6 Å². The summed E-state index contributed by atoms with van der Waals surface area (Å²) in [5.41, 5.74) is 0.999. The van der Waals surface area contributed by atoms with Crippen LogP contribution in [0.2, 0.25) is 6.32 Å². The molecule has 0 saturated carbocycles. The van der Waals surface area contributed by atoms with Gasteiger partial charge in [-0.3, -0.25) is 0 Å². The van der Waals surface area contributed by atoms with Crippen molar-refractivity contribution in [3.63, 3.8) is 0 Å². The first-order valence-electron chi connectivity index (χ1n) is 7.40. The summed E-state index contributed by atoms with van der Waals surface area (Å²) in [5.74, 6) is 2.62. The van der Waals surface area contributed by atoms with Gasteiger partial charge in [-0.15, -0.1) is 0 Å². The third-order valence-corrected chi connectivity index (χ3v) is 4.25. The molecule has 1 radical (unpaired) electrons. The second-order valence-corrected chi connectivity index (χ2v) is 5.86. The van der Waals surface area contributed by atoms with Gasteiger partial charge in [0.25, 0.3) is 7.48 Å². The van der Waals surface area contributed by atoms with Crippen LogP contribution < -0.4 is 9.47 Å². The molecule has 0 aliphatic carbocycles. The molecule has 115 valence electrons. The Bertz CT molecular complexity index is 629. The molecule has 5 nitrogen and oxygen atoms in total. The molecule has 0 N–H and O–H groups in total. The van der Waals surface area contributed by atoms with Crippen molar-refractivity contribution in [2.75, 3.05) is 20.3 Å². The van der Waals surface area contributed by atoms with Crippen LogP contribution in [0.15, 0.2) is 18.2 Å². The molecule has 22 heavy (non-hydrogen) atoms. The van der Waals surface area contributed by atoms with E-state index in [1.807, 2.05) is 25.7 Å². The van der Waals surface area contributed by atoms with E-state index in [1.165, 1.54) is 11.5 Å². The summed E-state index contributed by atoms with van der Waals surface area (Å²) in [7, 11) is 3.48. The maximum absolute atomic E-state index is 5.75. The number of hydrogen-bond acceptors (Lipinski definition) is 6. The number of methoxy groups -OCH3 is 1. The molecule has 0 bridgehead atoms. The molecule has 1 aliphatic heterocycles. The van der Waals surface area contributed by atoms with Gasteiger partial charge in [0, 0.05) is 18.1 Å². The largest absolute Gasteiger partial charge is 0.493 e. The van der Waals surface area contributed by atoms with E-state index in [-0.39, 0.29) is 5.92 Å². The zero-order valence-corrected chi connectivity index (χ0v) is 13.6. The fourth-order valence-corrected chi connectivity index (χ4v) is 3.01. The number of aromatic nitrogens is 2. The van der Waals surface area contributed by atoms with Crippen LogP contribution in [0.3, 0.4) is 0 Å². The van der Waals surface area contributed by atoms with Crippen LogP contribution in [-0.4, -0.2) is 37.2 Å². The number of nitrogens with zero attached hydrogens (tertiary/aromatic N) is 2. The minimum Gasteiger partial charge on any atom is -0.493 e. The fourth-order valence-electron chi connectivity index (χ4n) is 2.27. The van der Waals surface area contributed by atoms with Gasteiger partial charge in [-0.2, -0.15) is 4.37 Å². The predicted octanol–water partition coefficient (Wildman–Crippen LogP) is 3.15. The van der Waals surface area contributed by atoms with E-state index >= 15 is 0 Å². The molecule has 1 aromatic carbocycles. The lowest BCUT2D eigenvalue weighted by Crippen LogP contribution is -1.99. The van der Waals surface area contributed by atoms with Gasteiger partial charge in [-0.25, -0.2) is 4.98 Å². The summed E-state index contributed by atoms with van der Waals surface area (Å²) in [6, 6.07) is 5.86. The second kappa shape index (κ2) is 7.11. The minimum absolute atomic E-state index is 0.277. The van der Waals surface area contributed by atoms with Crippen molar-refractivity contribution >= 4 is 19.0 Å². The first-order chi connectivity index (χ1) is 10.8. The van der Waals surface area contributed by atoms with Crippen LogP contribution >= 0.6 is 11.5 Å². The second-order valence-electron chi connectivity index (χ2n) is 5.10. The third kappa shape index (κ3) is 3.25. The van der Waals surface area contributed by atoms with Gasteiger partial charge < -0.3 is 14.1 Å². The van der Waals surface area contributed by atoms with Crippen molar-refractivity contribution in [1.82, 2.24) is 9.36 Å². The van der Waals surface area contributed by atoms with Gasteiger partial charge >= 0.3 is 0 Å². The lowest BCUT2D eigenvalue weighted by Gasteiger charge is -2.10. The van der Waals surface area contributed by atoms with Gasteiger partial charge in [0.2, 0.25) is 0 Å². The molecule has 3 rings (SSSR count). The van der Waals surface area contributed by atoms with Crippen molar-refractivity contribution in [3.8, 4) is 22.1 Å². The molecule has 1 atom stereocenters. The Hall–Kier alpha value is -1.60. The molecule has 2 heterocycles. The van der Waals surface area contributed by atoms with Gasteiger partial charge in [-0.1, -0.05) is 6.92 Å². The van der Waals surface area contributed by atoms with Gasteiger partial charge in [-0.05, 0) is 42.5 Å². The number of benzene rings is 1. The topological polar surface area (TPSA) is 53.5 Å².